The van der Waals surface area contributed by atoms with Gasteiger partial charge in [0.05, 0.1) is 9.52 Å². The van der Waals surface area contributed by atoms with Crippen molar-refractivity contribution in [2.24, 2.45) is 0 Å². The third-order valence-corrected chi connectivity index (χ3v) is 12.9. The predicted molar refractivity (Wildman–Crippen MR) is 145 cm³/mol. The van der Waals surface area contributed by atoms with Crippen molar-refractivity contribution >= 4 is 28.1 Å². The van der Waals surface area contributed by atoms with Gasteiger partial charge in [0, 0.05) is 32.1 Å². The van der Waals surface area contributed by atoms with Crippen LogP contribution in [0.15, 0.2) is 0 Å². The van der Waals surface area contributed by atoms with Crippen molar-refractivity contribution in [3.63, 3.8) is 0 Å². The van der Waals surface area contributed by atoms with Crippen molar-refractivity contribution in [3.8, 4) is 0 Å². The lowest BCUT2D eigenvalue weighted by Gasteiger charge is -2.34. The van der Waals surface area contributed by atoms with Gasteiger partial charge in [-0.25, -0.2) is 0 Å². The Morgan fingerprint density at radius 2 is 1.36 bits per heavy atom. The highest BCUT2D eigenvalue weighted by Crippen LogP contribution is 2.35. The van der Waals surface area contributed by atoms with E-state index in [2.05, 4.69) is 51.5 Å². The van der Waals surface area contributed by atoms with Gasteiger partial charge in [-0.2, -0.15) is 0 Å². The molecular weight excluding hydrogens is 465 g/mol. The van der Waals surface area contributed by atoms with Gasteiger partial charge in [-0.3, -0.25) is 0 Å². The zero-order valence-electron chi connectivity index (χ0n) is 23.1. The van der Waals surface area contributed by atoms with Crippen LogP contribution in [-0.4, -0.2) is 105 Å². The minimum Gasteiger partial charge on any atom is -0.397 e. The molecule has 0 amide bonds. The standard InChI is InChI=1S/C24H54N2O4Si3/c1-9-26(10-2)21-17-15-13-14-16-19-24(5,33(27-7)28-8)31-23-25(6)20-18-22-32(29-11-3)30-12-4/h9-23H2,1-8H3. The highest BCUT2D eigenvalue weighted by molar-refractivity contribution is 6.66. The molecule has 6 nitrogen and oxygen atoms in total. The predicted octanol–water partition coefficient (Wildman–Crippen LogP) is 4.71. The van der Waals surface area contributed by atoms with E-state index in [0.717, 1.165) is 47.9 Å². The van der Waals surface area contributed by atoms with E-state index in [1.165, 1.54) is 58.2 Å². The third-order valence-electron chi connectivity index (χ3n) is 6.14. The molecule has 0 aliphatic rings. The summed E-state index contributed by atoms with van der Waals surface area (Å²) in [6, 6.07) is 1.05. The summed E-state index contributed by atoms with van der Waals surface area (Å²) >= 11 is 0. The first-order chi connectivity index (χ1) is 15.9. The van der Waals surface area contributed by atoms with Crippen LogP contribution in [0.2, 0.25) is 10.7 Å². The van der Waals surface area contributed by atoms with E-state index in [4.69, 9.17) is 17.7 Å². The van der Waals surface area contributed by atoms with Gasteiger partial charge in [-0.1, -0.05) is 46.5 Å². The fourth-order valence-electron chi connectivity index (χ4n) is 4.07. The number of rotatable bonds is 24. The third kappa shape index (κ3) is 15.9. The summed E-state index contributed by atoms with van der Waals surface area (Å²) in [5.41, 5.74) is 0. The van der Waals surface area contributed by atoms with Gasteiger partial charge < -0.3 is 27.5 Å². The highest BCUT2D eigenvalue weighted by Gasteiger charge is 2.39. The van der Waals surface area contributed by atoms with E-state index < -0.39 is 18.6 Å². The SMILES string of the molecule is CCO[Si](CCCN(C)C[Si]C(C)(CCCCCCCN(CC)CC)[Si](OC)OC)OCC. The second-order valence-electron chi connectivity index (χ2n) is 8.83. The zero-order chi connectivity index (χ0) is 25.0. The molecule has 0 fully saturated rings. The monoisotopic (exact) mass is 518 g/mol. The average molecular weight is 519 g/mol. The van der Waals surface area contributed by atoms with Crippen LogP contribution in [0.25, 0.3) is 0 Å². The molecule has 0 spiro atoms. The lowest BCUT2D eigenvalue weighted by atomic mass is 10.1. The van der Waals surface area contributed by atoms with Crippen LogP contribution in [0.4, 0.5) is 0 Å². The van der Waals surface area contributed by atoms with Gasteiger partial charge in [0.1, 0.15) is 0 Å². The van der Waals surface area contributed by atoms with Crippen molar-refractivity contribution in [1.29, 1.82) is 0 Å². The number of hydrogen-bond donors (Lipinski definition) is 0. The summed E-state index contributed by atoms with van der Waals surface area (Å²) in [4.78, 5) is 4.99. The van der Waals surface area contributed by atoms with E-state index in [1.807, 2.05) is 14.2 Å². The second kappa shape index (κ2) is 21.7. The van der Waals surface area contributed by atoms with Gasteiger partial charge in [0.15, 0.2) is 0 Å². The van der Waals surface area contributed by atoms with Crippen molar-refractivity contribution in [2.75, 3.05) is 66.8 Å². The van der Waals surface area contributed by atoms with Gasteiger partial charge >= 0.3 is 18.6 Å². The summed E-state index contributed by atoms with van der Waals surface area (Å²) in [5, 5.41) is 0. The molecule has 0 bridgehead atoms. The largest absolute Gasteiger partial charge is 0.397 e. The molecule has 0 N–H and O–H groups in total. The molecule has 196 valence electrons. The Kier molecular flexibility index (Phi) is 21.9. The number of nitrogens with zero attached hydrogens (tertiary/aromatic N) is 2. The summed E-state index contributed by atoms with van der Waals surface area (Å²) in [7, 11) is 4.34. The number of hydrogen-bond acceptors (Lipinski definition) is 6. The summed E-state index contributed by atoms with van der Waals surface area (Å²) in [5.74, 6) is 0. The Hall–Kier alpha value is 0.411. The zero-order valence-corrected chi connectivity index (χ0v) is 26.1. The number of unbranched alkanes of at least 4 members (excludes halogenated alkanes) is 4. The van der Waals surface area contributed by atoms with Crippen molar-refractivity contribution in [1.82, 2.24) is 9.80 Å². The molecule has 1 unspecified atom stereocenters. The van der Waals surface area contributed by atoms with Crippen LogP contribution in [0.3, 0.4) is 0 Å². The molecule has 0 aliphatic carbocycles. The fraction of sp³-hybridized carbons (Fsp3) is 1.00. The van der Waals surface area contributed by atoms with Crippen molar-refractivity contribution < 1.29 is 17.7 Å². The average Bonchev–Trinajstić information content (AvgIpc) is 2.81. The van der Waals surface area contributed by atoms with E-state index in [0.29, 0.717) is 0 Å². The van der Waals surface area contributed by atoms with Crippen molar-refractivity contribution in [3.05, 3.63) is 0 Å². The quantitative estimate of drug-likeness (QED) is 0.136. The molecule has 0 aromatic carbocycles. The van der Waals surface area contributed by atoms with Crippen LogP contribution >= 0.6 is 0 Å². The fourth-order valence-corrected chi connectivity index (χ4v) is 9.54. The Morgan fingerprint density at radius 1 is 0.788 bits per heavy atom. The molecule has 1 atom stereocenters. The van der Waals surface area contributed by atoms with Gasteiger partial charge in [-0.05, 0) is 78.5 Å². The van der Waals surface area contributed by atoms with Crippen LogP contribution in [-0.2, 0) is 17.7 Å². The molecule has 0 heterocycles. The maximum atomic E-state index is 5.84. The maximum absolute atomic E-state index is 5.84. The molecule has 0 aliphatic heterocycles. The van der Waals surface area contributed by atoms with E-state index in [-0.39, 0.29) is 4.66 Å². The molecule has 9 heteroatoms. The lowest BCUT2D eigenvalue weighted by Crippen LogP contribution is -2.43. The van der Waals surface area contributed by atoms with Crippen LogP contribution in [0, 0.1) is 0 Å². The topological polar surface area (TPSA) is 43.4 Å². The van der Waals surface area contributed by atoms with E-state index in [1.54, 1.807) is 0 Å². The summed E-state index contributed by atoms with van der Waals surface area (Å²) < 4.78 is 23.4. The van der Waals surface area contributed by atoms with Gasteiger partial charge in [-0.15, -0.1) is 0 Å². The van der Waals surface area contributed by atoms with E-state index in [9.17, 15) is 0 Å². The smallest absolute Gasteiger partial charge is 0.387 e. The summed E-state index contributed by atoms with van der Waals surface area (Å²) in [6.45, 7) is 17.2. The summed E-state index contributed by atoms with van der Waals surface area (Å²) in [6.07, 6.45) is 10.0. The molecule has 0 aromatic heterocycles. The first-order valence-corrected chi connectivity index (χ1v) is 17.2. The first kappa shape index (κ1) is 33.4. The molecule has 0 aromatic rings. The molecule has 33 heavy (non-hydrogen) atoms. The Bertz CT molecular complexity index is 427. The van der Waals surface area contributed by atoms with Crippen LogP contribution in [0.1, 0.15) is 79.6 Å². The first-order valence-electron chi connectivity index (χ1n) is 13.1. The molecular formula is C24H54N2O4Si3. The van der Waals surface area contributed by atoms with Crippen LogP contribution < -0.4 is 0 Å². The Balaban J connectivity index is 4.39. The Labute approximate surface area is 212 Å². The highest BCUT2D eigenvalue weighted by atomic mass is 28.3. The van der Waals surface area contributed by atoms with Gasteiger partial charge in [0.2, 0.25) is 0 Å². The maximum Gasteiger partial charge on any atom is 0.387 e. The minimum atomic E-state index is -1.27. The molecule has 4 radical (unpaired) electrons. The Morgan fingerprint density at radius 3 is 1.91 bits per heavy atom. The molecule has 0 rings (SSSR count). The van der Waals surface area contributed by atoms with E-state index >= 15 is 0 Å². The molecule has 0 saturated carbocycles. The second-order valence-corrected chi connectivity index (χ2v) is 15.4. The molecule has 0 saturated heterocycles. The van der Waals surface area contributed by atoms with Gasteiger partial charge in [0.25, 0.3) is 0 Å². The normalized spacial score (nSPS) is 14.2. The van der Waals surface area contributed by atoms with Crippen LogP contribution in [0.5, 0.6) is 0 Å². The van der Waals surface area contributed by atoms with Crippen molar-refractivity contribution in [2.45, 2.75) is 90.3 Å². The lowest BCUT2D eigenvalue weighted by molar-refractivity contribution is 0.211. The minimum absolute atomic E-state index is 0.162.